The van der Waals surface area contributed by atoms with Crippen LogP contribution in [0.2, 0.25) is 0 Å². The van der Waals surface area contributed by atoms with Crippen molar-refractivity contribution in [2.24, 2.45) is 0 Å². The lowest BCUT2D eigenvalue weighted by Crippen LogP contribution is -2.42. The van der Waals surface area contributed by atoms with Crippen LogP contribution in [-0.2, 0) is 19.3 Å². The second-order valence-electron chi connectivity index (χ2n) is 7.39. The summed E-state index contributed by atoms with van der Waals surface area (Å²) in [6, 6.07) is 18.9. The lowest BCUT2D eigenvalue weighted by atomic mass is 10.1. The zero-order chi connectivity index (χ0) is 24.7. The molecule has 0 atom stereocenters. The van der Waals surface area contributed by atoms with Gasteiger partial charge in [-0.2, -0.15) is 13.2 Å². The fourth-order valence-electron chi connectivity index (χ4n) is 3.19. The molecule has 34 heavy (non-hydrogen) atoms. The fraction of sp³-hybridized carbons (Fsp3) is 0.200. The average Bonchev–Trinajstić information content (AvgIpc) is 2.84. The number of halogens is 3. The van der Waals surface area contributed by atoms with E-state index in [-0.39, 0.29) is 10.7 Å². The Morgan fingerprint density at radius 1 is 0.882 bits per heavy atom. The number of alkyl halides is 3. The normalized spacial score (nSPS) is 11.0. The van der Waals surface area contributed by atoms with E-state index in [2.05, 4.69) is 5.32 Å². The summed E-state index contributed by atoms with van der Waals surface area (Å²) < 4.78 is 49.5. The van der Waals surface area contributed by atoms with E-state index in [1.54, 1.807) is 19.1 Å². The molecule has 3 rings (SSSR count). The van der Waals surface area contributed by atoms with Gasteiger partial charge < -0.3 is 14.4 Å². The lowest BCUT2D eigenvalue weighted by molar-refractivity contribution is -0.137. The van der Waals surface area contributed by atoms with Crippen LogP contribution >= 0.6 is 12.2 Å². The van der Waals surface area contributed by atoms with E-state index in [9.17, 15) is 18.0 Å². The zero-order valence-corrected chi connectivity index (χ0v) is 19.4. The van der Waals surface area contributed by atoms with E-state index in [0.29, 0.717) is 24.6 Å². The first-order valence-corrected chi connectivity index (χ1v) is 10.6. The van der Waals surface area contributed by atoms with E-state index < -0.39 is 17.6 Å². The summed E-state index contributed by atoms with van der Waals surface area (Å²) in [5.41, 5.74) is 0.778. The first kappa shape index (κ1) is 25.0. The minimum atomic E-state index is -4.55. The van der Waals surface area contributed by atoms with Crippen molar-refractivity contribution in [2.75, 3.05) is 14.2 Å². The summed E-state index contributed by atoms with van der Waals surface area (Å²) in [5, 5.41) is 2.65. The molecule has 0 unspecified atom stereocenters. The molecule has 3 aromatic rings. The van der Waals surface area contributed by atoms with E-state index >= 15 is 0 Å². The Balaban J connectivity index is 1.80. The summed E-state index contributed by atoms with van der Waals surface area (Å²) in [6.07, 6.45) is -4.55. The van der Waals surface area contributed by atoms with Gasteiger partial charge in [-0.05, 0) is 65.8 Å². The molecular formula is C25H23F3N2O3S. The number of hydrogen-bond donors (Lipinski definition) is 1. The van der Waals surface area contributed by atoms with Crippen LogP contribution in [0.3, 0.4) is 0 Å². The third kappa shape index (κ3) is 6.71. The summed E-state index contributed by atoms with van der Waals surface area (Å²) in [7, 11) is 3.15. The fourth-order valence-corrected chi connectivity index (χ4v) is 3.41. The van der Waals surface area contributed by atoms with Gasteiger partial charge >= 0.3 is 6.18 Å². The smallest absolute Gasteiger partial charge is 0.416 e. The molecule has 178 valence electrons. The number of carbonyl (C=O) groups is 1. The lowest BCUT2D eigenvalue weighted by Gasteiger charge is -2.26. The molecular weight excluding hydrogens is 465 g/mol. The Labute approximate surface area is 201 Å². The van der Waals surface area contributed by atoms with Gasteiger partial charge in [-0.15, -0.1) is 0 Å². The number of methoxy groups -OCH3 is 2. The summed E-state index contributed by atoms with van der Waals surface area (Å²) in [4.78, 5) is 14.4. The quantitative estimate of drug-likeness (QED) is 0.449. The Kier molecular flexibility index (Phi) is 8.12. The molecule has 0 spiro atoms. The van der Waals surface area contributed by atoms with Crippen LogP contribution < -0.4 is 14.8 Å². The van der Waals surface area contributed by atoms with Crippen LogP contribution in [0.4, 0.5) is 13.2 Å². The number of rotatable bonds is 7. The maximum Gasteiger partial charge on any atom is 0.416 e. The van der Waals surface area contributed by atoms with E-state index in [1.807, 2.05) is 48.5 Å². The number of nitrogens with zero attached hydrogens (tertiary/aromatic N) is 1. The van der Waals surface area contributed by atoms with E-state index in [1.165, 1.54) is 12.1 Å². The summed E-state index contributed by atoms with van der Waals surface area (Å²) >= 11 is 5.48. The van der Waals surface area contributed by atoms with Gasteiger partial charge in [0, 0.05) is 18.7 Å². The molecule has 0 heterocycles. The van der Waals surface area contributed by atoms with E-state index in [0.717, 1.165) is 23.3 Å². The van der Waals surface area contributed by atoms with Crippen molar-refractivity contribution in [1.29, 1.82) is 0 Å². The maximum atomic E-state index is 13.0. The topological polar surface area (TPSA) is 50.8 Å². The third-order valence-corrected chi connectivity index (χ3v) is 5.39. The Morgan fingerprint density at radius 2 is 1.38 bits per heavy atom. The number of nitrogens with one attached hydrogen (secondary N) is 1. The van der Waals surface area contributed by atoms with Gasteiger partial charge in [-0.3, -0.25) is 10.1 Å². The van der Waals surface area contributed by atoms with Crippen LogP contribution in [0.5, 0.6) is 11.5 Å². The Hall–Kier alpha value is -3.59. The molecule has 0 saturated carbocycles. The molecule has 3 aromatic carbocycles. The summed E-state index contributed by atoms with van der Waals surface area (Å²) in [6.45, 7) is 0.718. The molecule has 9 heteroatoms. The van der Waals surface area contributed by atoms with Crippen LogP contribution in [0.1, 0.15) is 27.0 Å². The highest BCUT2D eigenvalue weighted by atomic mass is 32.1. The Bertz CT molecular complexity index is 1080. The van der Waals surface area contributed by atoms with Crippen LogP contribution in [0.15, 0.2) is 72.8 Å². The molecule has 5 nitrogen and oxygen atoms in total. The Morgan fingerprint density at radius 3 is 1.82 bits per heavy atom. The maximum absolute atomic E-state index is 13.0. The minimum Gasteiger partial charge on any atom is -0.497 e. The monoisotopic (exact) mass is 488 g/mol. The molecule has 0 aliphatic rings. The zero-order valence-electron chi connectivity index (χ0n) is 18.6. The SMILES string of the molecule is COc1ccc(CN(Cc2ccc(OC)cc2)C(=S)NC(=O)c2cccc(C(F)(F)F)c2)cc1. The molecule has 0 fully saturated rings. The molecule has 0 aliphatic heterocycles. The van der Waals surface area contributed by atoms with Gasteiger partial charge in [0.2, 0.25) is 0 Å². The second kappa shape index (κ2) is 11.0. The van der Waals surface area contributed by atoms with Gasteiger partial charge in [0.05, 0.1) is 19.8 Å². The minimum absolute atomic E-state index is 0.0917. The third-order valence-electron chi connectivity index (χ3n) is 5.02. The molecule has 0 aromatic heterocycles. The number of ether oxygens (including phenoxy) is 2. The summed E-state index contributed by atoms with van der Waals surface area (Å²) in [5.74, 6) is 0.683. The van der Waals surface area contributed by atoms with Crippen LogP contribution in [0.25, 0.3) is 0 Å². The van der Waals surface area contributed by atoms with Gasteiger partial charge in [0.1, 0.15) is 11.5 Å². The molecule has 0 saturated heterocycles. The number of amides is 1. The largest absolute Gasteiger partial charge is 0.497 e. The molecule has 1 N–H and O–H groups in total. The number of hydrogen-bond acceptors (Lipinski definition) is 4. The van der Waals surface area contributed by atoms with Gasteiger partial charge in [-0.1, -0.05) is 30.3 Å². The van der Waals surface area contributed by atoms with Crippen molar-refractivity contribution in [3.05, 3.63) is 95.1 Å². The van der Waals surface area contributed by atoms with Crippen LogP contribution in [-0.4, -0.2) is 30.1 Å². The van der Waals surface area contributed by atoms with Crippen molar-refractivity contribution < 1.29 is 27.4 Å². The first-order valence-electron chi connectivity index (χ1n) is 10.2. The van der Waals surface area contributed by atoms with Crippen molar-refractivity contribution in [3.8, 4) is 11.5 Å². The first-order chi connectivity index (χ1) is 16.2. The molecule has 0 radical (unpaired) electrons. The average molecular weight is 489 g/mol. The van der Waals surface area contributed by atoms with Crippen molar-refractivity contribution >= 4 is 23.2 Å². The molecule has 1 amide bonds. The predicted molar refractivity (Wildman–Crippen MR) is 127 cm³/mol. The van der Waals surface area contributed by atoms with Crippen LogP contribution in [0, 0.1) is 0 Å². The van der Waals surface area contributed by atoms with Crippen molar-refractivity contribution in [1.82, 2.24) is 10.2 Å². The standard InChI is InChI=1S/C25H23F3N2O3S/c1-32-21-10-6-17(7-11-21)15-30(16-18-8-12-22(33-2)13-9-18)24(34)29-23(31)19-4-3-5-20(14-19)25(26,27)28/h3-14H,15-16H2,1-2H3,(H,29,31,34). The molecule has 0 aliphatic carbocycles. The van der Waals surface area contributed by atoms with E-state index in [4.69, 9.17) is 21.7 Å². The van der Waals surface area contributed by atoms with Gasteiger partial charge in [-0.25, -0.2) is 0 Å². The van der Waals surface area contributed by atoms with Crippen molar-refractivity contribution in [3.63, 3.8) is 0 Å². The molecule has 0 bridgehead atoms. The van der Waals surface area contributed by atoms with Gasteiger partial charge in [0.25, 0.3) is 5.91 Å². The predicted octanol–water partition coefficient (Wildman–Crippen LogP) is 5.44. The number of carbonyl (C=O) groups excluding carboxylic acids is 1. The van der Waals surface area contributed by atoms with Crippen molar-refractivity contribution in [2.45, 2.75) is 19.3 Å². The number of thiocarbonyl (C=S) groups is 1. The second-order valence-corrected chi connectivity index (χ2v) is 7.78. The highest BCUT2D eigenvalue weighted by Crippen LogP contribution is 2.29. The highest BCUT2D eigenvalue weighted by Gasteiger charge is 2.31. The number of benzene rings is 3. The van der Waals surface area contributed by atoms with Gasteiger partial charge in [0.15, 0.2) is 5.11 Å². The highest BCUT2D eigenvalue weighted by molar-refractivity contribution is 7.80.